The first kappa shape index (κ1) is 53.3. The summed E-state index contributed by atoms with van der Waals surface area (Å²) in [6.45, 7) is 3.08. The van der Waals surface area contributed by atoms with E-state index in [-0.39, 0.29) is 78.8 Å². The van der Waals surface area contributed by atoms with Gasteiger partial charge in [-0.05, 0) is 85.3 Å². The fourth-order valence-corrected chi connectivity index (χ4v) is 10.2. The SMILES string of the molecule is CCC(=O)Nc1ccc(-c2c(N=Nc3cc(S(=O)(=O)O)c4cc([N+](=O)[O-])cc(S(=O)(=O)O)c4c3)sc(N=Nc3c(Nc4ccc(S(=O)(=O)O)cc4)nc(Nc4ccc(S(=O)(=O)O)cc4)c(C#N)c3C)c2C#N)cc1. The molecule has 2 heterocycles. The van der Waals surface area contributed by atoms with Gasteiger partial charge in [0.1, 0.15) is 38.2 Å². The van der Waals surface area contributed by atoms with E-state index >= 15 is 0 Å². The number of carbonyl (C=O) groups excluding carboxylic acids is 1. The minimum atomic E-state index is -5.31. The van der Waals surface area contributed by atoms with E-state index < -0.39 is 87.1 Å². The summed E-state index contributed by atoms with van der Waals surface area (Å²) in [7, 11) is -19.8. The lowest BCUT2D eigenvalue weighted by Gasteiger charge is -2.16. The van der Waals surface area contributed by atoms with Crippen molar-refractivity contribution in [1.82, 2.24) is 4.98 Å². The van der Waals surface area contributed by atoms with Crippen LogP contribution in [0.25, 0.3) is 21.9 Å². The van der Waals surface area contributed by atoms with Crippen molar-refractivity contribution in [2.75, 3.05) is 16.0 Å². The van der Waals surface area contributed by atoms with Crippen molar-refractivity contribution in [3.63, 3.8) is 0 Å². The number of hydrogen-bond acceptors (Lipinski definition) is 21. The number of nitro benzene ring substituents is 1. The van der Waals surface area contributed by atoms with Crippen LogP contribution in [0.2, 0.25) is 0 Å². The summed E-state index contributed by atoms with van der Waals surface area (Å²) >= 11 is 0.675. The Kier molecular flexibility index (Phi) is 14.8. The van der Waals surface area contributed by atoms with E-state index in [0.29, 0.717) is 35.2 Å². The zero-order valence-corrected chi connectivity index (χ0v) is 41.4. The molecule has 7 aromatic rings. The number of anilines is 5. The van der Waals surface area contributed by atoms with Gasteiger partial charge >= 0.3 is 0 Å². The molecule has 0 aliphatic rings. The summed E-state index contributed by atoms with van der Waals surface area (Å²) < 4.78 is 136. The molecule has 0 atom stereocenters. The molecule has 0 radical (unpaired) electrons. The zero-order chi connectivity index (χ0) is 54.1. The van der Waals surface area contributed by atoms with Gasteiger partial charge in [0.15, 0.2) is 16.6 Å². The number of fused-ring (bicyclic) bond motifs is 1. The van der Waals surface area contributed by atoms with Crippen molar-refractivity contribution >= 4 is 124 Å². The van der Waals surface area contributed by atoms with Crippen LogP contribution >= 0.6 is 11.3 Å². The molecule has 0 aliphatic carbocycles. The maximum absolute atomic E-state index is 12.7. The molecule has 26 nitrogen and oxygen atoms in total. The fourth-order valence-electron chi connectivity index (χ4n) is 6.87. The van der Waals surface area contributed by atoms with E-state index in [1.807, 2.05) is 12.1 Å². The number of rotatable bonds is 16. The van der Waals surface area contributed by atoms with E-state index in [1.165, 1.54) is 55.5 Å². The zero-order valence-electron chi connectivity index (χ0n) is 37.3. The summed E-state index contributed by atoms with van der Waals surface area (Å²) in [5.74, 6) is -0.589. The van der Waals surface area contributed by atoms with Gasteiger partial charge < -0.3 is 16.0 Å². The van der Waals surface area contributed by atoms with Gasteiger partial charge in [0.2, 0.25) is 5.91 Å². The molecule has 7 rings (SSSR count). The van der Waals surface area contributed by atoms with E-state index in [2.05, 4.69) is 41.4 Å². The first-order valence-electron chi connectivity index (χ1n) is 20.4. The number of benzene rings is 5. The summed E-state index contributed by atoms with van der Waals surface area (Å²) in [5, 5.41) is 56.7. The van der Waals surface area contributed by atoms with E-state index in [0.717, 1.165) is 30.3 Å². The van der Waals surface area contributed by atoms with Gasteiger partial charge in [-0.1, -0.05) is 30.4 Å². The van der Waals surface area contributed by atoms with Crippen molar-refractivity contribution in [2.24, 2.45) is 20.5 Å². The predicted molar refractivity (Wildman–Crippen MR) is 265 cm³/mol. The van der Waals surface area contributed by atoms with E-state index in [1.54, 1.807) is 6.92 Å². The molecule has 2 aromatic heterocycles. The molecule has 1 amide bonds. The highest BCUT2D eigenvalue weighted by Gasteiger charge is 2.27. The fraction of sp³-hybridized carbons (Fsp3) is 0.0698. The highest BCUT2D eigenvalue weighted by atomic mass is 32.2. The second kappa shape index (κ2) is 20.5. The normalized spacial score (nSPS) is 12.2. The molecule has 0 fully saturated rings. The van der Waals surface area contributed by atoms with Crippen molar-refractivity contribution in [3.05, 3.63) is 124 Å². The molecule has 0 unspecified atom stereocenters. The summed E-state index contributed by atoms with van der Waals surface area (Å²) in [4.78, 5) is 24.2. The monoisotopic (exact) mass is 1100 g/mol. The molecule has 31 heteroatoms. The number of amides is 1. The Hall–Kier alpha value is -8.50. The number of thiophene rings is 1. The Morgan fingerprint density at radius 2 is 1.16 bits per heavy atom. The number of nitrogens with one attached hydrogen (secondary N) is 3. The number of non-ortho nitro benzene ring substituents is 1. The van der Waals surface area contributed by atoms with Crippen LogP contribution in [0, 0.1) is 39.7 Å². The summed E-state index contributed by atoms with van der Waals surface area (Å²) in [6, 6.07) is 22.1. The Bertz CT molecular complexity index is 4100. The van der Waals surface area contributed by atoms with Crippen molar-refractivity contribution in [1.29, 1.82) is 10.5 Å². The van der Waals surface area contributed by atoms with Crippen LogP contribution in [0.1, 0.15) is 30.0 Å². The number of pyridine rings is 1. The molecule has 0 aliphatic heterocycles. The van der Waals surface area contributed by atoms with Crippen LogP contribution < -0.4 is 16.0 Å². The molecule has 0 saturated carbocycles. The van der Waals surface area contributed by atoms with Gasteiger partial charge in [-0.15, -0.1) is 20.5 Å². The number of hydrogen-bond donors (Lipinski definition) is 7. The first-order chi connectivity index (χ1) is 34.7. The average Bonchev–Trinajstić information content (AvgIpc) is 3.69. The Morgan fingerprint density at radius 1 is 0.662 bits per heavy atom. The van der Waals surface area contributed by atoms with E-state index in [9.17, 15) is 77.3 Å². The number of azo groups is 2. The molecular formula is C43H31N11O15S5. The van der Waals surface area contributed by atoms with Gasteiger partial charge in [0.25, 0.3) is 46.2 Å². The molecule has 7 N–H and O–H groups in total. The van der Waals surface area contributed by atoms with Gasteiger partial charge in [0.05, 0.1) is 26.0 Å². The summed E-state index contributed by atoms with van der Waals surface area (Å²) in [6.07, 6.45) is 0.148. The van der Waals surface area contributed by atoms with Gasteiger partial charge in [-0.3, -0.25) is 33.1 Å². The largest absolute Gasteiger partial charge is 0.339 e. The molecule has 5 aromatic carbocycles. The lowest BCUT2D eigenvalue weighted by Crippen LogP contribution is -2.08. The Labute approximate surface area is 422 Å². The van der Waals surface area contributed by atoms with Crippen LogP contribution in [0.5, 0.6) is 0 Å². The van der Waals surface area contributed by atoms with Crippen LogP contribution in [-0.4, -0.2) is 67.7 Å². The maximum Gasteiger partial charge on any atom is 0.295 e. The number of carbonyl (C=O) groups is 1. The molecule has 378 valence electrons. The lowest BCUT2D eigenvalue weighted by atomic mass is 10.0. The van der Waals surface area contributed by atoms with Crippen molar-refractivity contribution in [2.45, 2.75) is 39.9 Å². The number of nitrogens with zero attached hydrogens (tertiary/aromatic N) is 8. The standard InChI is InChI=1S/C43H31N11O15S5/c1-3-37(55)46-24-6-4-23(5-7-24)38-34(21-45)42(70-43(38)53-50-27-16-31-32(35(17-27)73(64,65)66)18-28(54(56)57)19-36(31)74(67,68)69)52-51-39-22(2)33(20-44)40(47-25-8-12-29(13-9-25)71(58,59)60)49-41(39)48-26-10-14-30(15-11-26)72(61,62)63/h4-19H,3H2,1-2H3,(H,46,55)(H2,47,48,49)(H,58,59,60)(H,61,62,63)(H,64,65,66)(H,67,68,69). The maximum atomic E-state index is 12.7. The summed E-state index contributed by atoms with van der Waals surface area (Å²) in [5.41, 5.74) is -0.808. The third-order valence-electron chi connectivity index (χ3n) is 10.3. The predicted octanol–water partition coefficient (Wildman–Crippen LogP) is 9.58. The second-order valence-corrected chi connectivity index (χ2v) is 21.8. The van der Waals surface area contributed by atoms with Crippen LogP contribution in [0.15, 0.2) is 137 Å². The van der Waals surface area contributed by atoms with Gasteiger partial charge in [-0.25, -0.2) is 4.98 Å². The van der Waals surface area contributed by atoms with Crippen LogP contribution in [0.4, 0.5) is 55.8 Å². The minimum Gasteiger partial charge on any atom is -0.339 e. The lowest BCUT2D eigenvalue weighted by molar-refractivity contribution is -0.384. The van der Waals surface area contributed by atoms with Crippen molar-refractivity contribution in [3.8, 4) is 23.3 Å². The Morgan fingerprint density at radius 3 is 1.66 bits per heavy atom. The Balaban J connectivity index is 1.42. The highest BCUT2D eigenvalue weighted by Crippen LogP contribution is 2.49. The molecule has 74 heavy (non-hydrogen) atoms. The van der Waals surface area contributed by atoms with Crippen LogP contribution in [-0.2, 0) is 45.3 Å². The third kappa shape index (κ3) is 11.7. The van der Waals surface area contributed by atoms with Gasteiger partial charge in [0, 0.05) is 57.5 Å². The molecule has 0 spiro atoms. The van der Waals surface area contributed by atoms with Crippen molar-refractivity contribution < 1.29 is 61.6 Å². The van der Waals surface area contributed by atoms with Gasteiger partial charge in [-0.2, -0.15) is 44.2 Å². The quantitative estimate of drug-likeness (QED) is 0.0205. The van der Waals surface area contributed by atoms with Crippen LogP contribution in [0.3, 0.4) is 0 Å². The molecule has 0 saturated heterocycles. The second-order valence-electron chi connectivity index (χ2n) is 15.2. The third-order valence-corrected chi connectivity index (χ3v) is 14.8. The minimum absolute atomic E-state index is 0.0259. The average molecular weight is 1100 g/mol. The number of nitriles is 2. The van der Waals surface area contributed by atoms with E-state index in [4.69, 9.17) is 0 Å². The smallest absolute Gasteiger partial charge is 0.295 e. The number of aromatic nitrogens is 1. The topological polar surface area (TPSA) is 424 Å². The molecule has 0 bridgehead atoms. The first-order valence-corrected chi connectivity index (χ1v) is 26.9. The molecular weight excluding hydrogens is 1070 g/mol. The highest BCUT2D eigenvalue weighted by molar-refractivity contribution is 7.86. The number of nitro groups is 1.